The molecule has 11 heteroatoms. The van der Waals surface area contributed by atoms with Gasteiger partial charge >= 0.3 is 16.7 Å². The van der Waals surface area contributed by atoms with Gasteiger partial charge in [-0.1, -0.05) is 11.3 Å². The van der Waals surface area contributed by atoms with Gasteiger partial charge in [-0.15, -0.1) is 0 Å². The van der Waals surface area contributed by atoms with Crippen LogP contribution in [0.15, 0.2) is 35.1 Å². The molecule has 3 N–H and O–H groups in total. The van der Waals surface area contributed by atoms with Crippen LogP contribution in [0.2, 0.25) is 0 Å². The Bertz CT molecular complexity index is 1030. The monoisotopic (exact) mass is 362 g/mol. The minimum atomic E-state index is -0.821. The molecule has 0 spiro atoms. The van der Waals surface area contributed by atoms with E-state index >= 15 is 0 Å². The molecule has 10 nitrogen and oxygen atoms in total. The van der Waals surface area contributed by atoms with Gasteiger partial charge in [0.15, 0.2) is 6.61 Å². The van der Waals surface area contributed by atoms with Crippen molar-refractivity contribution < 1.29 is 19.2 Å². The topological polar surface area (TPSA) is 147 Å². The molecule has 0 aliphatic rings. The quantitative estimate of drug-likeness (QED) is 0.357. The lowest BCUT2D eigenvalue weighted by Gasteiger charge is -2.05. The van der Waals surface area contributed by atoms with E-state index in [0.717, 1.165) is 0 Å². The van der Waals surface area contributed by atoms with Crippen molar-refractivity contribution in [2.45, 2.75) is 0 Å². The summed E-state index contributed by atoms with van der Waals surface area (Å²) in [6, 6.07) is 7.19. The maximum absolute atomic E-state index is 11.8. The number of nitrogens with zero attached hydrogens (tertiary/aromatic N) is 1. The highest BCUT2D eigenvalue weighted by molar-refractivity contribution is 7.17. The zero-order valence-electron chi connectivity index (χ0n) is 12.4. The lowest BCUT2D eigenvalue weighted by atomic mass is 10.3. The van der Waals surface area contributed by atoms with Gasteiger partial charge in [-0.25, -0.2) is 9.59 Å². The number of aromatic amines is 2. The number of hydrogen-bond acceptors (Lipinski definition) is 7. The fourth-order valence-corrected chi connectivity index (χ4v) is 2.76. The van der Waals surface area contributed by atoms with Gasteiger partial charge < -0.3 is 20.0 Å². The molecular formula is C14H10N4O6S. The average Bonchev–Trinajstić information content (AvgIpc) is 3.18. The third-order valence-electron chi connectivity index (χ3n) is 3.11. The van der Waals surface area contributed by atoms with Crippen LogP contribution in [0.3, 0.4) is 0 Å². The Kier molecular flexibility index (Phi) is 4.31. The number of rotatable bonds is 5. The number of esters is 1. The molecule has 0 radical (unpaired) electrons. The number of amides is 1. The van der Waals surface area contributed by atoms with Gasteiger partial charge in [-0.3, -0.25) is 14.9 Å². The van der Waals surface area contributed by atoms with Crippen molar-refractivity contribution in [2.75, 3.05) is 11.9 Å². The predicted molar refractivity (Wildman–Crippen MR) is 88.8 cm³/mol. The third kappa shape index (κ3) is 3.72. The van der Waals surface area contributed by atoms with Crippen molar-refractivity contribution in [3.63, 3.8) is 0 Å². The molecule has 0 saturated heterocycles. The van der Waals surface area contributed by atoms with Crippen molar-refractivity contribution >= 4 is 44.9 Å². The molecule has 2 heterocycles. The van der Waals surface area contributed by atoms with Gasteiger partial charge in [-0.05, 0) is 24.3 Å². The molecule has 25 heavy (non-hydrogen) atoms. The lowest BCUT2D eigenvalue weighted by Crippen LogP contribution is -2.20. The highest BCUT2D eigenvalue weighted by Gasteiger charge is 2.17. The number of ether oxygens (including phenoxy) is 1. The highest BCUT2D eigenvalue weighted by Crippen LogP contribution is 2.24. The van der Waals surface area contributed by atoms with E-state index in [2.05, 4.69) is 15.3 Å². The summed E-state index contributed by atoms with van der Waals surface area (Å²) in [6.45, 7) is -0.549. The molecule has 0 atom stereocenters. The summed E-state index contributed by atoms with van der Waals surface area (Å²) < 4.78 is 4.82. The number of imidazole rings is 1. The molecule has 0 fully saturated rings. The van der Waals surface area contributed by atoms with E-state index in [1.807, 2.05) is 0 Å². The van der Waals surface area contributed by atoms with E-state index < -0.39 is 23.4 Å². The second-order valence-corrected chi connectivity index (χ2v) is 5.92. The van der Waals surface area contributed by atoms with Crippen LogP contribution in [0, 0.1) is 10.1 Å². The van der Waals surface area contributed by atoms with Crippen LogP contribution in [0.25, 0.3) is 11.0 Å². The smallest absolute Gasteiger partial charge is 0.349 e. The largest absolute Gasteiger partial charge is 0.451 e. The number of anilines is 1. The molecule has 0 bridgehead atoms. The van der Waals surface area contributed by atoms with E-state index in [9.17, 15) is 24.5 Å². The molecule has 1 amide bonds. The number of fused-ring (bicyclic) bond motifs is 1. The Balaban J connectivity index is 1.58. The number of carbonyl (C=O) groups is 2. The van der Waals surface area contributed by atoms with E-state index in [4.69, 9.17) is 4.74 Å². The first-order valence-corrected chi connectivity index (χ1v) is 7.67. The lowest BCUT2D eigenvalue weighted by molar-refractivity contribution is -0.380. The van der Waals surface area contributed by atoms with E-state index in [-0.39, 0.29) is 15.6 Å². The maximum atomic E-state index is 11.8. The molecule has 0 aliphatic carbocycles. The van der Waals surface area contributed by atoms with E-state index in [0.29, 0.717) is 28.1 Å². The molecule has 1 aromatic carbocycles. The Labute approximate surface area is 142 Å². The van der Waals surface area contributed by atoms with E-state index in [1.54, 1.807) is 18.2 Å². The van der Waals surface area contributed by atoms with Crippen LogP contribution >= 0.6 is 11.3 Å². The molecule has 3 rings (SSSR count). The Morgan fingerprint density at radius 1 is 1.20 bits per heavy atom. The molecule has 3 aromatic rings. The summed E-state index contributed by atoms with van der Waals surface area (Å²) in [4.78, 5) is 49.9. The predicted octanol–water partition coefficient (Wildman–Crippen LogP) is 1.62. The summed E-state index contributed by atoms with van der Waals surface area (Å²) >= 11 is 0.666. The van der Waals surface area contributed by atoms with Gasteiger partial charge in [0.1, 0.15) is 4.88 Å². The summed E-state index contributed by atoms with van der Waals surface area (Å²) in [7, 11) is 0. The van der Waals surface area contributed by atoms with Crippen molar-refractivity contribution in [1.29, 1.82) is 0 Å². The Hall–Kier alpha value is -3.47. The number of thiophene rings is 1. The molecule has 0 unspecified atom stereocenters. The zero-order valence-corrected chi connectivity index (χ0v) is 13.2. The molecule has 128 valence electrons. The fourth-order valence-electron chi connectivity index (χ4n) is 2.05. The SMILES string of the molecule is O=C(COC(=O)c1ccc([N+](=O)[O-])s1)Nc1ccc2[nH]c(=O)[nH]c2c1. The first kappa shape index (κ1) is 16.4. The van der Waals surface area contributed by atoms with Gasteiger partial charge in [0.25, 0.3) is 5.91 Å². The van der Waals surface area contributed by atoms with Crippen molar-refractivity contribution in [3.05, 3.63) is 55.8 Å². The van der Waals surface area contributed by atoms with Crippen LogP contribution < -0.4 is 11.0 Å². The summed E-state index contributed by atoms with van der Waals surface area (Å²) in [5.74, 6) is -1.41. The van der Waals surface area contributed by atoms with E-state index in [1.165, 1.54) is 12.1 Å². The Morgan fingerprint density at radius 2 is 1.96 bits per heavy atom. The second kappa shape index (κ2) is 6.57. The molecule has 0 saturated carbocycles. The van der Waals surface area contributed by atoms with Gasteiger partial charge in [0.2, 0.25) is 0 Å². The standard InChI is InChI=1S/C14H10N4O6S/c19-11(6-24-13(20)10-3-4-12(25-10)18(22)23)15-7-1-2-8-9(5-7)17-14(21)16-8/h1-5H,6H2,(H,15,19)(H2,16,17,21). The fraction of sp³-hybridized carbons (Fsp3) is 0.0714. The van der Waals surface area contributed by atoms with Crippen LogP contribution in [0.4, 0.5) is 10.7 Å². The first-order valence-electron chi connectivity index (χ1n) is 6.85. The van der Waals surface area contributed by atoms with Crippen molar-refractivity contribution in [1.82, 2.24) is 9.97 Å². The minimum Gasteiger partial charge on any atom is -0.451 e. The van der Waals surface area contributed by atoms with Crippen LogP contribution in [0.5, 0.6) is 0 Å². The number of benzene rings is 1. The van der Waals surface area contributed by atoms with Crippen LogP contribution in [-0.4, -0.2) is 33.4 Å². The number of carbonyl (C=O) groups excluding carboxylic acids is 2. The minimum absolute atomic E-state index is 0.0332. The highest BCUT2D eigenvalue weighted by atomic mass is 32.1. The molecule has 0 aliphatic heterocycles. The number of nitrogens with one attached hydrogen (secondary N) is 3. The number of H-pyrrole nitrogens is 2. The summed E-state index contributed by atoms with van der Waals surface area (Å²) in [5.41, 5.74) is 1.16. The Morgan fingerprint density at radius 3 is 2.68 bits per heavy atom. The summed E-state index contributed by atoms with van der Waals surface area (Å²) in [6.07, 6.45) is 0. The third-order valence-corrected chi connectivity index (χ3v) is 4.12. The number of hydrogen-bond donors (Lipinski definition) is 3. The molecule has 2 aromatic heterocycles. The first-order chi connectivity index (χ1) is 11.9. The van der Waals surface area contributed by atoms with Crippen LogP contribution in [-0.2, 0) is 9.53 Å². The number of aromatic nitrogens is 2. The summed E-state index contributed by atoms with van der Waals surface area (Å²) in [5, 5.41) is 12.9. The van der Waals surface area contributed by atoms with Gasteiger partial charge in [0, 0.05) is 11.8 Å². The van der Waals surface area contributed by atoms with Gasteiger partial charge in [0.05, 0.1) is 16.0 Å². The van der Waals surface area contributed by atoms with Crippen molar-refractivity contribution in [3.8, 4) is 0 Å². The average molecular weight is 362 g/mol. The van der Waals surface area contributed by atoms with Gasteiger partial charge in [-0.2, -0.15) is 0 Å². The number of nitro groups is 1. The normalized spacial score (nSPS) is 10.6. The second-order valence-electron chi connectivity index (χ2n) is 4.86. The maximum Gasteiger partial charge on any atom is 0.349 e. The van der Waals surface area contributed by atoms with Crippen LogP contribution in [0.1, 0.15) is 9.67 Å². The molecular weight excluding hydrogens is 352 g/mol. The van der Waals surface area contributed by atoms with Crippen molar-refractivity contribution in [2.24, 2.45) is 0 Å². The zero-order chi connectivity index (χ0) is 18.0.